The standard InChI is InChI=1S/C30H27N3O2S/c1-20(2)22-12-14-23(15-13-22)31-30(35)32-24-16-17-28-26(18-24)33(19-21-8-4-3-5-9-21)29(34)25-10-6-7-11-27(25)36-28/h3-18,20H,19H2,1-2H3,(H2,31,32,35). The summed E-state index contributed by atoms with van der Waals surface area (Å²) in [6.07, 6.45) is 0. The molecule has 5 nitrogen and oxygen atoms in total. The van der Waals surface area contributed by atoms with Crippen LogP contribution >= 0.6 is 11.8 Å². The number of nitrogens with one attached hydrogen (secondary N) is 2. The second kappa shape index (κ2) is 10.3. The highest BCUT2D eigenvalue weighted by Crippen LogP contribution is 2.43. The van der Waals surface area contributed by atoms with Gasteiger partial charge in [0, 0.05) is 21.2 Å². The fourth-order valence-corrected chi connectivity index (χ4v) is 5.22. The van der Waals surface area contributed by atoms with E-state index in [1.807, 2.05) is 97.1 Å². The summed E-state index contributed by atoms with van der Waals surface area (Å²) in [6.45, 7) is 4.70. The molecule has 1 heterocycles. The van der Waals surface area contributed by atoms with Crippen LogP contribution in [-0.4, -0.2) is 11.9 Å². The summed E-state index contributed by atoms with van der Waals surface area (Å²) in [7, 11) is 0. The molecule has 4 aromatic rings. The van der Waals surface area contributed by atoms with E-state index in [4.69, 9.17) is 0 Å². The first-order chi connectivity index (χ1) is 17.5. The van der Waals surface area contributed by atoms with Gasteiger partial charge in [-0.05, 0) is 59.5 Å². The lowest BCUT2D eigenvalue weighted by atomic mass is 10.0. The molecule has 1 aliphatic heterocycles. The number of urea groups is 1. The number of benzene rings is 4. The fourth-order valence-electron chi connectivity index (χ4n) is 4.17. The molecular weight excluding hydrogens is 466 g/mol. The first-order valence-corrected chi connectivity index (χ1v) is 12.7. The third-order valence-corrected chi connectivity index (χ3v) is 7.25. The molecule has 1 aliphatic rings. The van der Waals surface area contributed by atoms with E-state index >= 15 is 0 Å². The van der Waals surface area contributed by atoms with E-state index in [1.54, 1.807) is 16.7 Å². The maximum absolute atomic E-state index is 13.7. The molecule has 0 unspecified atom stereocenters. The lowest BCUT2D eigenvalue weighted by Gasteiger charge is -2.24. The van der Waals surface area contributed by atoms with Crippen LogP contribution < -0.4 is 15.5 Å². The Hall–Kier alpha value is -4.03. The molecule has 0 aliphatic carbocycles. The van der Waals surface area contributed by atoms with Crippen LogP contribution in [0.5, 0.6) is 0 Å². The first-order valence-electron chi connectivity index (χ1n) is 11.9. The summed E-state index contributed by atoms with van der Waals surface area (Å²) in [5.41, 5.74) is 5.02. The molecule has 0 bridgehead atoms. The van der Waals surface area contributed by atoms with Gasteiger partial charge in [0.2, 0.25) is 0 Å². The summed E-state index contributed by atoms with van der Waals surface area (Å²) in [5.74, 6) is 0.366. The minimum absolute atomic E-state index is 0.0625. The van der Waals surface area contributed by atoms with Crippen LogP contribution in [-0.2, 0) is 6.54 Å². The van der Waals surface area contributed by atoms with Crippen molar-refractivity contribution in [3.8, 4) is 0 Å². The highest BCUT2D eigenvalue weighted by Gasteiger charge is 2.27. The van der Waals surface area contributed by atoms with Gasteiger partial charge in [0.15, 0.2) is 0 Å². The van der Waals surface area contributed by atoms with Gasteiger partial charge in [-0.15, -0.1) is 0 Å². The van der Waals surface area contributed by atoms with Gasteiger partial charge in [-0.1, -0.05) is 80.2 Å². The Morgan fingerprint density at radius 2 is 1.47 bits per heavy atom. The number of hydrogen-bond donors (Lipinski definition) is 2. The van der Waals surface area contributed by atoms with Crippen LogP contribution in [0.4, 0.5) is 21.9 Å². The van der Waals surface area contributed by atoms with Gasteiger partial charge in [0.25, 0.3) is 5.91 Å². The quantitative estimate of drug-likeness (QED) is 0.299. The third-order valence-electron chi connectivity index (χ3n) is 6.11. The third kappa shape index (κ3) is 5.14. The normalized spacial score (nSPS) is 12.5. The van der Waals surface area contributed by atoms with Crippen molar-refractivity contribution in [2.75, 3.05) is 15.5 Å². The van der Waals surface area contributed by atoms with E-state index in [0.29, 0.717) is 23.7 Å². The Balaban J connectivity index is 1.42. The fraction of sp³-hybridized carbons (Fsp3) is 0.133. The lowest BCUT2D eigenvalue weighted by Crippen LogP contribution is -2.30. The Labute approximate surface area is 215 Å². The zero-order chi connectivity index (χ0) is 25.1. The van der Waals surface area contributed by atoms with Crippen LogP contribution in [0.25, 0.3) is 0 Å². The van der Waals surface area contributed by atoms with Gasteiger partial charge in [-0.2, -0.15) is 0 Å². The molecule has 36 heavy (non-hydrogen) atoms. The second-order valence-corrected chi connectivity index (χ2v) is 10.1. The average Bonchev–Trinajstić information content (AvgIpc) is 2.99. The largest absolute Gasteiger partial charge is 0.323 e. The van der Waals surface area contributed by atoms with Crippen molar-refractivity contribution in [3.05, 3.63) is 114 Å². The van der Waals surface area contributed by atoms with Gasteiger partial charge in [-0.3, -0.25) is 4.79 Å². The predicted octanol–water partition coefficient (Wildman–Crippen LogP) is 7.77. The summed E-state index contributed by atoms with van der Waals surface area (Å²) >= 11 is 1.56. The smallest absolute Gasteiger partial charge is 0.308 e. The topological polar surface area (TPSA) is 61.4 Å². The zero-order valence-electron chi connectivity index (χ0n) is 20.2. The van der Waals surface area contributed by atoms with Gasteiger partial charge in [0.1, 0.15) is 0 Å². The molecular formula is C30H27N3O2S. The summed E-state index contributed by atoms with van der Waals surface area (Å²) in [5, 5.41) is 5.81. The van der Waals surface area contributed by atoms with Gasteiger partial charge in [-0.25, -0.2) is 4.79 Å². The van der Waals surface area contributed by atoms with E-state index in [2.05, 4.69) is 24.5 Å². The predicted molar refractivity (Wildman–Crippen MR) is 147 cm³/mol. The molecule has 0 atom stereocenters. The van der Waals surface area contributed by atoms with Gasteiger partial charge < -0.3 is 15.5 Å². The molecule has 0 fully saturated rings. The molecule has 5 rings (SSSR count). The molecule has 180 valence electrons. The number of amides is 3. The Morgan fingerprint density at radius 1 is 0.806 bits per heavy atom. The zero-order valence-corrected chi connectivity index (χ0v) is 21.0. The van der Waals surface area contributed by atoms with E-state index < -0.39 is 0 Å². The monoisotopic (exact) mass is 493 g/mol. The van der Waals surface area contributed by atoms with Crippen molar-refractivity contribution in [2.24, 2.45) is 0 Å². The maximum Gasteiger partial charge on any atom is 0.323 e. The van der Waals surface area contributed by atoms with Crippen molar-refractivity contribution < 1.29 is 9.59 Å². The van der Waals surface area contributed by atoms with Crippen molar-refractivity contribution in [1.29, 1.82) is 0 Å². The number of anilines is 3. The molecule has 0 spiro atoms. The highest BCUT2D eigenvalue weighted by molar-refractivity contribution is 7.99. The van der Waals surface area contributed by atoms with Crippen molar-refractivity contribution in [3.63, 3.8) is 0 Å². The number of hydrogen-bond acceptors (Lipinski definition) is 3. The van der Waals surface area contributed by atoms with Crippen LogP contribution in [0.2, 0.25) is 0 Å². The summed E-state index contributed by atoms with van der Waals surface area (Å²) < 4.78 is 0. The molecule has 2 N–H and O–H groups in total. The molecule has 6 heteroatoms. The van der Waals surface area contributed by atoms with E-state index in [-0.39, 0.29) is 11.9 Å². The van der Waals surface area contributed by atoms with E-state index in [0.717, 1.165) is 26.7 Å². The minimum atomic E-state index is -0.335. The maximum atomic E-state index is 13.7. The number of nitrogens with zero attached hydrogens (tertiary/aromatic N) is 1. The minimum Gasteiger partial charge on any atom is -0.308 e. The van der Waals surface area contributed by atoms with Crippen molar-refractivity contribution >= 4 is 40.8 Å². The second-order valence-electron chi connectivity index (χ2n) is 9.01. The Bertz CT molecular complexity index is 1400. The average molecular weight is 494 g/mol. The van der Waals surface area contributed by atoms with Crippen LogP contribution in [0.15, 0.2) is 107 Å². The molecule has 0 saturated carbocycles. The number of fused-ring (bicyclic) bond motifs is 2. The molecule has 4 aromatic carbocycles. The number of carbonyl (C=O) groups excluding carboxylic acids is 2. The van der Waals surface area contributed by atoms with Crippen LogP contribution in [0, 0.1) is 0 Å². The first kappa shape index (κ1) is 23.7. The van der Waals surface area contributed by atoms with Gasteiger partial charge >= 0.3 is 6.03 Å². The lowest BCUT2D eigenvalue weighted by molar-refractivity contribution is 0.0982. The Morgan fingerprint density at radius 3 is 2.22 bits per heavy atom. The van der Waals surface area contributed by atoms with E-state index in [9.17, 15) is 9.59 Å². The van der Waals surface area contributed by atoms with Crippen molar-refractivity contribution in [2.45, 2.75) is 36.1 Å². The molecule has 3 amide bonds. The summed E-state index contributed by atoms with van der Waals surface area (Å²) in [4.78, 5) is 30.1. The molecule has 0 aromatic heterocycles. The molecule has 0 radical (unpaired) electrons. The van der Waals surface area contributed by atoms with Crippen molar-refractivity contribution in [1.82, 2.24) is 0 Å². The van der Waals surface area contributed by atoms with Crippen LogP contribution in [0.3, 0.4) is 0 Å². The van der Waals surface area contributed by atoms with Gasteiger partial charge in [0.05, 0.1) is 17.8 Å². The SMILES string of the molecule is CC(C)c1ccc(NC(=O)Nc2ccc3c(c2)N(Cc2ccccc2)C(=O)c2ccccc2S3)cc1. The summed E-state index contributed by atoms with van der Waals surface area (Å²) in [6, 6.07) is 30.8. The highest BCUT2D eigenvalue weighted by atomic mass is 32.2. The van der Waals surface area contributed by atoms with Crippen LogP contribution in [0.1, 0.15) is 41.3 Å². The van der Waals surface area contributed by atoms with E-state index in [1.165, 1.54) is 5.56 Å². The number of rotatable bonds is 5. The molecule has 0 saturated heterocycles. The number of carbonyl (C=O) groups is 2. The Kier molecular flexibility index (Phi) is 6.78.